The highest BCUT2D eigenvalue weighted by molar-refractivity contribution is 7.09. The Hall–Kier alpha value is -1.56. The molecule has 1 aromatic carbocycles. The lowest BCUT2D eigenvalue weighted by Crippen LogP contribution is -2.23. The first-order valence-corrected chi connectivity index (χ1v) is 7.44. The summed E-state index contributed by atoms with van der Waals surface area (Å²) in [5, 5.41) is 23.3. The maximum absolute atomic E-state index is 9.36. The first-order chi connectivity index (χ1) is 9.79. The molecule has 108 valence electrons. The molecule has 4 nitrogen and oxygen atoms in total. The number of rotatable bonds is 8. The molecule has 0 saturated heterocycles. The number of aliphatic hydroxyl groups is 2. The summed E-state index contributed by atoms with van der Waals surface area (Å²) in [5.74, 6) is 0.759. The standard InChI is InChI=1S/C15H19NO3S/c17-11-12(18)10-16-14-5-1-2-6-15(14)19-8-7-13-4-3-9-20-13/h1-6,9,12,16-18H,7-8,10-11H2. The fourth-order valence-corrected chi connectivity index (χ4v) is 2.44. The summed E-state index contributed by atoms with van der Waals surface area (Å²) in [4.78, 5) is 1.30. The maximum Gasteiger partial charge on any atom is 0.142 e. The molecule has 1 heterocycles. The normalized spacial score (nSPS) is 12.1. The minimum atomic E-state index is -0.769. The summed E-state index contributed by atoms with van der Waals surface area (Å²) in [7, 11) is 0. The van der Waals surface area contributed by atoms with Crippen LogP contribution in [-0.2, 0) is 6.42 Å². The molecule has 1 atom stereocenters. The zero-order valence-corrected chi connectivity index (χ0v) is 12.0. The number of hydrogen-bond acceptors (Lipinski definition) is 5. The van der Waals surface area contributed by atoms with Gasteiger partial charge in [0.05, 0.1) is 25.0 Å². The summed E-state index contributed by atoms with van der Waals surface area (Å²) in [6.07, 6.45) is 0.111. The first-order valence-electron chi connectivity index (χ1n) is 6.56. The van der Waals surface area contributed by atoms with E-state index in [1.54, 1.807) is 11.3 Å². The number of thiophene rings is 1. The van der Waals surface area contributed by atoms with Crippen molar-refractivity contribution in [3.05, 3.63) is 46.7 Å². The third-order valence-corrected chi connectivity index (χ3v) is 3.75. The number of hydrogen-bond donors (Lipinski definition) is 3. The molecule has 0 aliphatic rings. The van der Waals surface area contributed by atoms with Gasteiger partial charge in [0.25, 0.3) is 0 Å². The van der Waals surface area contributed by atoms with Crippen molar-refractivity contribution < 1.29 is 14.9 Å². The Morgan fingerprint density at radius 1 is 1.20 bits per heavy atom. The molecule has 0 amide bonds. The second-order valence-electron chi connectivity index (χ2n) is 4.39. The van der Waals surface area contributed by atoms with Gasteiger partial charge in [-0.25, -0.2) is 0 Å². The van der Waals surface area contributed by atoms with Gasteiger partial charge >= 0.3 is 0 Å². The van der Waals surface area contributed by atoms with Crippen molar-refractivity contribution in [2.24, 2.45) is 0 Å². The number of nitrogens with one attached hydrogen (secondary N) is 1. The van der Waals surface area contributed by atoms with E-state index < -0.39 is 6.10 Å². The molecule has 0 fully saturated rings. The molecule has 2 rings (SSSR count). The highest BCUT2D eigenvalue weighted by Gasteiger charge is 2.06. The van der Waals surface area contributed by atoms with E-state index in [9.17, 15) is 5.11 Å². The molecule has 1 unspecified atom stereocenters. The fourth-order valence-electron chi connectivity index (χ4n) is 1.75. The SMILES string of the molecule is OCC(O)CNc1ccccc1OCCc1cccs1. The van der Waals surface area contributed by atoms with Gasteiger partial charge in [-0.3, -0.25) is 0 Å². The van der Waals surface area contributed by atoms with E-state index in [1.165, 1.54) is 4.88 Å². The Bertz CT molecular complexity index is 502. The summed E-state index contributed by atoms with van der Waals surface area (Å²) in [6.45, 7) is 0.651. The van der Waals surface area contributed by atoms with Crippen LogP contribution < -0.4 is 10.1 Å². The lowest BCUT2D eigenvalue weighted by atomic mass is 10.2. The third kappa shape index (κ3) is 4.52. The first kappa shape index (κ1) is 14.8. The van der Waals surface area contributed by atoms with E-state index in [4.69, 9.17) is 9.84 Å². The van der Waals surface area contributed by atoms with E-state index in [0.717, 1.165) is 17.9 Å². The van der Waals surface area contributed by atoms with Gasteiger partial charge in [-0.05, 0) is 23.6 Å². The molecule has 0 aliphatic carbocycles. The molecule has 20 heavy (non-hydrogen) atoms. The molecule has 0 spiro atoms. The second-order valence-corrected chi connectivity index (χ2v) is 5.42. The molecule has 0 aliphatic heterocycles. The summed E-state index contributed by atoms with van der Waals surface area (Å²) < 4.78 is 5.78. The summed E-state index contributed by atoms with van der Waals surface area (Å²) in [6, 6.07) is 11.7. The second kappa shape index (κ2) is 7.89. The summed E-state index contributed by atoms with van der Waals surface area (Å²) in [5.41, 5.74) is 0.825. The third-order valence-electron chi connectivity index (χ3n) is 2.81. The Balaban J connectivity index is 1.86. The Morgan fingerprint density at radius 2 is 2.05 bits per heavy atom. The molecule has 5 heteroatoms. The van der Waals surface area contributed by atoms with Crippen molar-refractivity contribution in [1.29, 1.82) is 0 Å². The van der Waals surface area contributed by atoms with Crippen LogP contribution in [0.15, 0.2) is 41.8 Å². The topological polar surface area (TPSA) is 61.7 Å². The Morgan fingerprint density at radius 3 is 2.80 bits per heavy atom. The molecule has 3 N–H and O–H groups in total. The molecule has 0 radical (unpaired) electrons. The zero-order valence-electron chi connectivity index (χ0n) is 11.2. The van der Waals surface area contributed by atoms with Crippen LogP contribution in [0.1, 0.15) is 4.88 Å². The quantitative estimate of drug-likeness (QED) is 0.698. The Labute approximate surface area is 122 Å². The van der Waals surface area contributed by atoms with E-state index in [1.807, 2.05) is 30.3 Å². The monoisotopic (exact) mass is 293 g/mol. The number of benzene rings is 1. The van der Waals surface area contributed by atoms with Crippen LogP contribution in [0.2, 0.25) is 0 Å². The average Bonchev–Trinajstić information content (AvgIpc) is 2.99. The minimum Gasteiger partial charge on any atom is -0.491 e. The minimum absolute atomic E-state index is 0.256. The van der Waals surface area contributed by atoms with E-state index in [0.29, 0.717) is 13.2 Å². The predicted octanol–water partition coefficient (Wildman–Crippen LogP) is 2.13. The van der Waals surface area contributed by atoms with Gasteiger partial charge in [0.2, 0.25) is 0 Å². The van der Waals surface area contributed by atoms with Crippen molar-refractivity contribution >= 4 is 17.0 Å². The predicted molar refractivity (Wildman–Crippen MR) is 81.5 cm³/mol. The van der Waals surface area contributed by atoms with Crippen LogP contribution in [0, 0.1) is 0 Å². The van der Waals surface area contributed by atoms with Gasteiger partial charge in [0.1, 0.15) is 5.75 Å². The number of aliphatic hydroxyl groups excluding tert-OH is 2. The molecule has 0 saturated carbocycles. The zero-order chi connectivity index (χ0) is 14.2. The van der Waals surface area contributed by atoms with Gasteiger partial charge in [-0.15, -0.1) is 11.3 Å². The van der Waals surface area contributed by atoms with E-state index >= 15 is 0 Å². The summed E-state index contributed by atoms with van der Waals surface area (Å²) >= 11 is 1.72. The number of para-hydroxylation sites is 2. The average molecular weight is 293 g/mol. The van der Waals surface area contributed by atoms with Gasteiger partial charge in [0, 0.05) is 17.8 Å². The van der Waals surface area contributed by atoms with E-state index in [2.05, 4.69) is 16.8 Å². The van der Waals surface area contributed by atoms with Gasteiger partial charge in [-0.2, -0.15) is 0 Å². The van der Waals surface area contributed by atoms with Crippen LogP contribution in [0.5, 0.6) is 5.75 Å². The van der Waals surface area contributed by atoms with Crippen molar-refractivity contribution in [2.75, 3.05) is 25.1 Å². The van der Waals surface area contributed by atoms with Crippen LogP contribution in [0.4, 0.5) is 5.69 Å². The molecule has 0 bridgehead atoms. The Kier molecular flexibility index (Phi) is 5.86. The van der Waals surface area contributed by atoms with Crippen LogP contribution in [0.3, 0.4) is 0 Å². The smallest absolute Gasteiger partial charge is 0.142 e. The van der Waals surface area contributed by atoms with Crippen LogP contribution in [0.25, 0.3) is 0 Å². The maximum atomic E-state index is 9.36. The van der Waals surface area contributed by atoms with Gasteiger partial charge in [-0.1, -0.05) is 18.2 Å². The highest BCUT2D eigenvalue weighted by Crippen LogP contribution is 2.24. The van der Waals surface area contributed by atoms with E-state index in [-0.39, 0.29) is 6.61 Å². The van der Waals surface area contributed by atoms with Gasteiger partial charge in [0.15, 0.2) is 0 Å². The fraction of sp³-hybridized carbons (Fsp3) is 0.333. The molecular weight excluding hydrogens is 274 g/mol. The lowest BCUT2D eigenvalue weighted by molar-refractivity contribution is 0.105. The number of anilines is 1. The number of ether oxygens (including phenoxy) is 1. The lowest BCUT2D eigenvalue weighted by Gasteiger charge is -2.14. The molecule has 1 aromatic heterocycles. The molecule has 2 aromatic rings. The van der Waals surface area contributed by atoms with Crippen molar-refractivity contribution in [1.82, 2.24) is 0 Å². The van der Waals surface area contributed by atoms with Crippen molar-refractivity contribution in [2.45, 2.75) is 12.5 Å². The molecular formula is C15H19NO3S. The van der Waals surface area contributed by atoms with Crippen molar-refractivity contribution in [3.8, 4) is 5.75 Å². The van der Waals surface area contributed by atoms with Crippen molar-refractivity contribution in [3.63, 3.8) is 0 Å². The van der Waals surface area contributed by atoms with Gasteiger partial charge < -0.3 is 20.3 Å². The van der Waals surface area contributed by atoms with Crippen LogP contribution >= 0.6 is 11.3 Å². The van der Waals surface area contributed by atoms with Crippen LogP contribution in [-0.4, -0.2) is 36.1 Å². The highest BCUT2D eigenvalue weighted by atomic mass is 32.1. The largest absolute Gasteiger partial charge is 0.491 e.